The van der Waals surface area contributed by atoms with E-state index in [2.05, 4.69) is 17.5 Å². The van der Waals surface area contributed by atoms with Gasteiger partial charge in [0.1, 0.15) is 6.04 Å². The molecule has 2 saturated carbocycles. The first-order valence-electron chi connectivity index (χ1n) is 11.6. The second kappa shape index (κ2) is 7.30. The smallest absolute Gasteiger partial charge is 0.243 e. The van der Waals surface area contributed by atoms with Crippen LogP contribution >= 0.6 is 0 Å². The molecule has 2 aliphatic heterocycles. The van der Waals surface area contributed by atoms with Crippen molar-refractivity contribution in [3.05, 3.63) is 48.0 Å². The molecule has 1 N–H and O–H groups in total. The molecule has 8 atom stereocenters. The highest BCUT2D eigenvalue weighted by Gasteiger charge is 2.67. The van der Waals surface area contributed by atoms with Crippen molar-refractivity contribution in [2.45, 2.75) is 37.8 Å². The van der Waals surface area contributed by atoms with E-state index in [9.17, 15) is 14.4 Å². The number of hydrogen-bond donors (Lipinski definition) is 1. The summed E-state index contributed by atoms with van der Waals surface area (Å²) in [6.45, 7) is 1.14. The number of hydrogen-bond acceptors (Lipinski definition) is 4. The van der Waals surface area contributed by atoms with Crippen molar-refractivity contribution in [1.29, 1.82) is 0 Å². The second-order valence-corrected chi connectivity index (χ2v) is 9.79. The predicted octanol–water partition coefficient (Wildman–Crippen LogP) is 1.95. The van der Waals surface area contributed by atoms with Crippen LogP contribution in [0.15, 0.2) is 42.5 Å². The number of imide groups is 1. The maximum atomic E-state index is 13.6. The van der Waals surface area contributed by atoms with Crippen LogP contribution in [0.4, 0.5) is 0 Å². The molecule has 2 bridgehead atoms. The van der Waals surface area contributed by atoms with Gasteiger partial charge in [0, 0.05) is 19.6 Å². The van der Waals surface area contributed by atoms with E-state index < -0.39 is 6.04 Å². The lowest BCUT2D eigenvalue weighted by Gasteiger charge is -2.37. The molecule has 6 heteroatoms. The summed E-state index contributed by atoms with van der Waals surface area (Å²) in [6.07, 6.45) is 7.74. The summed E-state index contributed by atoms with van der Waals surface area (Å²) in [6, 6.07) is 8.83. The predicted molar refractivity (Wildman–Crippen MR) is 112 cm³/mol. The van der Waals surface area contributed by atoms with Gasteiger partial charge >= 0.3 is 0 Å². The van der Waals surface area contributed by atoms with Crippen molar-refractivity contribution in [2.24, 2.45) is 35.5 Å². The van der Waals surface area contributed by atoms with Gasteiger partial charge in [0.05, 0.1) is 17.9 Å². The van der Waals surface area contributed by atoms with E-state index >= 15 is 0 Å². The minimum atomic E-state index is -0.815. The molecule has 3 amide bonds. The Labute approximate surface area is 182 Å². The fraction of sp³-hybridized carbons (Fsp3) is 0.560. The van der Waals surface area contributed by atoms with Crippen LogP contribution in [0, 0.1) is 35.5 Å². The van der Waals surface area contributed by atoms with Gasteiger partial charge in [-0.1, -0.05) is 42.5 Å². The molecule has 31 heavy (non-hydrogen) atoms. The summed E-state index contributed by atoms with van der Waals surface area (Å²) < 4.78 is 5.63. The molecular weight excluding hydrogens is 392 g/mol. The van der Waals surface area contributed by atoms with Crippen molar-refractivity contribution in [1.82, 2.24) is 10.2 Å². The third-order valence-electron chi connectivity index (χ3n) is 8.11. The Balaban J connectivity index is 1.27. The molecule has 6 nitrogen and oxygen atoms in total. The lowest BCUT2D eigenvalue weighted by atomic mass is 9.63. The third kappa shape index (κ3) is 3.06. The van der Waals surface area contributed by atoms with Crippen LogP contribution in [0.2, 0.25) is 0 Å². The van der Waals surface area contributed by atoms with Gasteiger partial charge in [-0.25, -0.2) is 0 Å². The van der Waals surface area contributed by atoms with Crippen LogP contribution in [0.3, 0.4) is 0 Å². The first-order valence-corrected chi connectivity index (χ1v) is 11.6. The Hall–Kier alpha value is -2.47. The average molecular weight is 421 g/mol. The molecular formula is C25H28N2O4. The molecule has 4 aliphatic carbocycles. The Bertz CT molecular complexity index is 902. The fourth-order valence-electron chi connectivity index (χ4n) is 6.56. The van der Waals surface area contributed by atoms with E-state index in [-0.39, 0.29) is 47.5 Å². The van der Waals surface area contributed by atoms with Crippen molar-refractivity contribution in [3.63, 3.8) is 0 Å². The molecule has 0 unspecified atom stereocenters. The maximum absolute atomic E-state index is 13.6. The molecule has 4 fully saturated rings. The topological polar surface area (TPSA) is 75.7 Å². The van der Waals surface area contributed by atoms with Gasteiger partial charge in [0.25, 0.3) is 0 Å². The van der Waals surface area contributed by atoms with Crippen molar-refractivity contribution < 1.29 is 19.1 Å². The van der Waals surface area contributed by atoms with Crippen LogP contribution in [0.25, 0.3) is 0 Å². The van der Waals surface area contributed by atoms with Gasteiger partial charge in [0.15, 0.2) is 0 Å². The lowest BCUT2D eigenvalue weighted by molar-refractivity contribution is -0.148. The summed E-state index contributed by atoms with van der Waals surface area (Å²) in [5, 5.41) is 2.97. The maximum Gasteiger partial charge on any atom is 0.243 e. The zero-order valence-electron chi connectivity index (χ0n) is 17.5. The van der Waals surface area contributed by atoms with Gasteiger partial charge in [-0.2, -0.15) is 0 Å². The van der Waals surface area contributed by atoms with E-state index in [0.29, 0.717) is 24.8 Å². The van der Waals surface area contributed by atoms with Gasteiger partial charge in [-0.15, -0.1) is 0 Å². The minimum Gasteiger partial charge on any atom is -0.376 e. The molecule has 162 valence electrons. The van der Waals surface area contributed by atoms with Crippen LogP contribution in [0.5, 0.6) is 0 Å². The molecule has 0 radical (unpaired) electrons. The standard InChI is InChI=1S/C25H28N2O4/c28-23(26-13-15-7-4-10-31-15)20(11-14-5-2-1-3-6-14)27-24(29)21-16-8-9-17(19-12-18(16)19)22(21)25(27)30/h1-3,5-6,8-9,15-22H,4,7,10-13H2,(H,26,28)/t15-,16-,17-,18-,19-,20-,21-,22+/m0/s1. The van der Waals surface area contributed by atoms with E-state index in [1.54, 1.807) is 0 Å². The molecule has 2 heterocycles. The Morgan fingerprint density at radius 1 is 1.06 bits per heavy atom. The van der Waals surface area contributed by atoms with E-state index in [4.69, 9.17) is 4.74 Å². The van der Waals surface area contributed by atoms with Gasteiger partial charge < -0.3 is 10.1 Å². The number of benzene rings is 1. The second-order valence-electron chi connectivity index (χ2n) is 9.79. The van der Waals surface area contributed by atoms with Crippen molar-refractivity contribution >= 4 is 17.7 Å². The zero-order chi connectivity index (χ0) is 21.1. The molecule has 2 saturated heterocycles. The number of carbonyl (C=O) groups excluding carboxylic acids is 3. The van der Waals surface area contributed by atoms with E-state index in [1.165, 1.54) is 4.90 Å². The first-order chi connectivity index (χ1) is 15.1. The van der Waals surface area contributed by atoms with Crippen LogP contribution in [-0.4, -0.2) is 47.9 Å². The van der Waals surface area contributed by atoms with E-state index in [0.717, 1.165) is 31.4 Å². The van der Waals surface area contributed by atoms with Gasteiger partial charge in [0.2, 0.25) is 17.7 Å². The number of nitrogens with zero attached hydrogens (tertiary/aromatic N) is 1. The number of rotatable bonds is 6. The Morgan fingerprint density at radius 2 is 1.74 bits per heavy atom. The molecule has 1 aromatic carbocycles. The van der Waals surface area contributed by atoms with Crippen molar-refractivity contribution in [2.75, 3.05) is 13.2 Å². The number of carbonyl (C=O) groups is 3. The SMILES string of the molecule is O=C(NC[C@@H]1CCCO1)[C@H](Cc1ccccc1)N1C(=O)[C@@H]2[C@H]3C=C[C@@H]([C@@H]4C[C@@H]34)[C@@H]2C1=O. The normalized spacial score (nSPS) is 38.2. The highest BCUT2D eigenvalue weighted by molar-refractivity contribution is 6.09. The third-order valence-corrected chi connectivity index (χ3v) is 8.11. The minimum absolute atomic E-state index is 0.0149. The van der Waals surface area contributed by atoms with Gasteiger partial charge in [-0.3, -0.25) is 19.3 Å². The monoisotopic (exact) mass is 420 g/mol. The molecule has 1 aromatic rings. The highest BCUT2D eigenvalue weighted by Crippen LogP contribution is 2.65. The summed E-state index contributed by atoms with van der Waals surface area (Å²) in [5.41, 5.74) is 0.944. The number of likely N-dealkylation sites (tertiary alicyclic amines) is 1. The number of amides is 3. The van der Waals surface area contributed by atoms with Crippen LogP contribution < -0.4 is 5.32 Å². The summed E-state index contributed by atoms with van der Waals surface area (Å²) >= 11 is 0. The van der Waals surface area contributed by atoms with Crippen LogP contribution in [0.1, 0.15) is 24.8 Å². The summed E-state index contributed by atoms with van der Waals surface area (Å²) in [4.78, 5) is 41.8. The lowest BCUT2D eigenvalue weighted by Crippen LogP contribution is -2.52. The van der Waals surface area contributed by atoms with Crippen LogP contribution in [-0.2, 0) is 25.5 Å². The first kappa shape index (κ1) is 19.2. The molecule has 0 aromatic heterocycles. The van der Waals surface area contributed by atoms with Crippen molar-refractivity contribution in [3.8, 4) is 0 Å². The number of nitrogens with one attached hydrogen (secondary N) is 1. The average Bonchev–Trinajstić information content (AvgIpc) is 3.38. The Morgan fingerprint density at radius 3 is 2.35 bits per heavy atom. The molecule has 0 spiro atoms. The summed E-state index contributed by atoms with van der Waals surface area (Å²) in [7, 11) is 0. The molecule has 6 aliphatic rings. The summed E-state index contributed by atoms with van der Waals surface area (Å²) in [5.74, 6) is 0.308. The zero-order valence-corrected chi connectivity index (χ0v) is 17.5. The fourth-order valence-corrected chi connectivity index (χ4v) is 6.56. The number of ether oxygens (including phenoxy) is 1. The Kier molecular flexibility index (Phi) is 4.53. The highest BCUT2D eigenvalue weighted by atomic mass is 16.5. The quantitative estimate of drug-likeness (QED) is 0.564. The number of allylic oxidation sites excluding steroid dienone is 2. The van der Waals surface area contributed by atoms with Gasteiger partial charge in [-0.05, 0) is 48.5 Å². The molecule has 7 rings (SSSR count). The largest absolute Gasteiger partial charge is 0.376 e. The van der Waals surface area contributed by atoms with E-state index in [1.807, 2.05) is 30.3 Å².